The highest BCUT2D eigenvalue weighted by Crippen LogP contribution is 2.38. The van der Waals surface area contributed by atoms with E-state index in [1.807, 2.05) is 32.0 Å². The number of anilines is 1. The lowest BCUT2D eigenvalue weighted by Crippen LogP contribution is -2.48. The summed E-state index contributed by atoms with van der Waals surface area (Å²) < 4.78 is 5.68. The normalized spacial score (nSPS) is 27.2. The fraction of sp³-hybridized carbons (Fsp3) is 0.357. The summed E-state index contributed by atoms with van der Waals surface area (Å²) in [5.41, 5.74) is 13.8. The van der Waals surface area contributed by atoms with E-state index in [9.17, 15) is 0 Å². The number of nitrogen functional groups attached to an aromatic ring is 1. The van der Waals surface area contributed by atoms with Crippen LogP contribution in [0.4, 0.5) is 5.82 Å². The molecule has 3 rings (SSSR count). The molecule has 0 fully saturated rings. The molecule has 2 heterocycles. The lowest BCUT2D eigenvalue weighted by atomic mass is 9.82. The lowest BCUT2D eigenvalue weighted by molar-refractivity contribution is -0.0139. The van der Waals surface area contributed by atoms with Crippen molar-refractivity contribution in [1.29, 1.82) is 0 Å². The second-order valence-corrected chi connectivity index (χ2v) is 5.10. The third kappa shape index (κ3) is 1.43. The fourth-order valence-corrected chi connectivity index (χ4v) is 2.63. The highest BCUT2D eigenvalue weighted by atomic mass is 16.5. The Morgan fingerprint density at radius 1 is 1.33 bits per heavy atom. The number of benzene rings is 1. The minimum absolute atomic E-state index is 0.0427. The Morgan fingerprint density at radius 3 is 2.72 bits per heavy atom. The average Bonchev–Trinajstić information content (AvgIpc) is 2.34. The molecule has 94 valence electrons. The van der Waals surface area contributed by atoms with Gasteiger partial charge in [-0.2, -0.15) is 0 Å². The Morgan fingerprint density at radius 2 is 2.00 bits per heavy atom. The maximum atomic E-state index is 6.44. The van der Waals surface area contributed by atoms with E-state index in [-0.39, 0.29) is 6.10 Å². The zero-order chi connectivity index (χ0) is 12.9. The van der Waals surface area contributed by atoms with Crippen molar-refractivity contribution in [3.05, 3.63) is 35.5 Å². The summed E-state index contributed by atoms with van der Waals surface area (Å²) in [6.07, 6.45) is -0.0427. The molecule has 2 aromatic rings. The van der Waals surface area contributed by atoms with Crippen LogP contribution in [0.5, 0.6) is 0 Å². The highest BCUT2D eigenvalue weighted by molar-refractivity contribution is 5.94. The second kappa shape index (κ2) is 3.67. The highest BCUT2D eigenvalue weighted by Gasteiger charge is 2.38. The van der Waals surface area contributed by atoms with Gasteiger partial charge >= 0.3 is 0 Å². The first-order valence-corrected chi connectivity index (χ1v) is 6.10. The van der Waals surface area contributed by atoms with Gasteiger partial charge in [0.1, 0.15) is 5.82 Å². The van der Waals surface area contributed by atoms with Crippen LogP contribution in [-0.4, -0.2) is 11.1 Å². The molecule has 0 saturated carbocycles. The third-order valence-electron chi connectivity index (χ3n) is 3.87. The van der Waals surface area contributed by atoms with Gasteiger partial charge in [0.05, 0.1) is 23.9 Å². The molecule has 18 heavy (non-hydrogen) atoms. The van der Waals surface area contributed by atoms with Crippen LogP contribution in [0.15, 0.2) is 24.3 Å². The largest absolute Gasteiger partial charge is 0.383 e. The lowest BCUT2D eigenvalue weighted by Gasteiger charge is -2.38. The van der Waals surface area contributed by atoms with Gasteiger partial charge in [0.25, 0.3) is 0 Å². The molecular formula is C14H17N3O. The molecule has 2 atom stereocenters. The quantitative estimate of drug-likeness (QED) is 0.741. The standard InChI is InChI=1S/C14H17N3O/c1-8-14(2,16)12-9-5-3-4-6-10(9)13(15)17-11(12)7-18-8/h3-6,8H,7,16H2,1-2H3,(H2,15,17). The summed E-state index contributed by atoms with van der Waals surface area (Å²) in [7, 11) is 0. The first-order valence-electron chi connectivity index (χ1n) is 6.10. The Balaban J connectivity index is 2.42. The predicted molar refractivity (Wildman–Crippen MR) is 71.9 cm³/mol. The zero-order valence-corrected chi connectivity index (χ0v) is 10.6. The number of nitrogens with zero attached hydrogens (tertiary/aromatic N) is 1. The summed E-state index contributed by atoms with van der Waals surface area (Å²) in [4.78, 5) is 4.44. The van der Waals surface area contributed by atoms with Crippen LogP contribution in [0.25, 0.3) is 10.8 Å². The summed E-state index contributed by atoms with van der Waals surface area (Å²) in [6, 6.07) is 7.99. The first-order chi connectivity index (χ1) is 8.51. The van der Waals surface area contributed by atoms with Crippen molar-refractivity contribution in [3.8, 4) is 0 Å². The number of nitrogens with two attached hydrogens (primary N) is 2. The van der Waals surface area contributed by atoms with Crippen LogP contribution < -0.4 is 11.5 Å². The molecule has 2 unspecified atom stereocenters. The number of fused-ring (bicyclic) bond motifs is 3. The molecule has 0 aliphatic carbocycles. The number of hydrogen-bond donors (Lipinski definition) is 2. The second-order valence-electron chi connectivity index (χ2n) is 5.10. The average molecular weight is 243 g/mol. The molecule has 1 aliphatic heterocycles. The predicted octanol–water partition coefficient (Wildman–Crippen LogP) is 1.91. The van der Waals surface area contributed by atoms with Crippen molar-refractivity contribution in [2.24, 2.45) is 5.73 Å². The summed E-state index contributed by atoms with van der Waals surface area (Å²) in [5, 5.41) is 2.04. The van der Waals surface area contributed by atoms with Crippen molar-refractivity contribution < 1.29 is 4.74 Å². The maximum Gasteiger partial charge on any atom is 0.131 e. The van der Waals surface area contributed by atoms with Crippen LogP contribution in [0.3, 0.4) is 0 Å². The molecule has 0 saturated heterocycles. The van der Waals surface area contributed by atoms with Crippen LogP contribution >= 0.6 is 0 Å². The minimum atomic E-state index is -0.548. The SMILES string of the molecule is CC1OCc2nc(N)c3ccccc3c2C1(C)N. The molecule has 0 radical (unpaired) electrons. The number of aromatic nitrogens is 1. The van der Waals surface area contributed by atoms with E-state index < -0.39 is 5.54 Å². The monoisotopic (exact) mass is 243 g/mol. The molecule has 4 nitrogen and oxygen atoms in total. The van der Waals surface area contributed by atoms with E-state index in [1.165, 1.54) is 0 Å². The molecule has 1 aliphatic rings. The molecule has 4 N–H and O–H groups in total. The summed E-state index contributed by atoms with van der Waals surface area (Å²) >= 11 is 0. The molecule has 1 aromatic heterocycles. The van der Waals surface area contributed by atoms with E-state index >= 15 is 0 Å². The number of ether oxygens (including phenoxy) is 1. The van der Waals surface area contributed by atoms with E-state index in [4.69, 9.17) is 16.2 Å². The minimum Gasteiger partial charge on any atom is -0.383 e. The van der Waals surface area contributed by atoms with Crippen molar-refractivity contribution in [2.75, 3.05) is 5.73 Å². The van der Waals surface area contributed by atoms with Gasteiger partial charge in [0, 0.05) is 10.9 Å². The van der Waals surface area contributed by atoms with Gasteiger partial charge in [-0.3, -0.25) is 0 Å². The summed E-state index contributed by atoms with van der Waals surface area (Å²) in [5.74, 6) is 0.540. The first kappa shape index (κ1) is 11.4. The van der Waals surface area contributed by atoms with E-state index in [1.54, 1.807) is 0 Å². The Hall–Kier alpha value is -1.65. The maximum absolute atomic E-state index is 6.44. The number of hydrogen-bond acceptors (Lipinski definition) is 4. The Kier molecular flexibility index (Phi) is 2.33. The third-order valence-corrected chi connectivity index (χ3v) is 3.87. The van der Waals surface area contributed by atoms with E-state index in [0.29, 0.717) is 12.4 Å². The van der Waals surface area contributed by atoms with Crippen molar-refractivity contribution >= 4 is 16.6 Å². The molecule has 0 spiro atoms. The van der Waals surface area contributed by atoms with Gasteiger partial charge in [-0.05, 0) is 19.2 Å². The van der Waals surface area contributed by atoms with Crippen LogP contribution in [0.1, 0.15) is 25.1 Å². The van der Waals surface area contributed by atoms with E-state index in [2.05, 4.69) is 11.1 Å². The Labute approximate surface area is 106 Å². The smallest absolute Gasteiger partial charge is 0.131 e. The Bertz CT molecular complexity index is 622. The van der Waals surface area contributed by atoms with E-state index in [0.717, 1.165) is 22.0 Å². The molecule has 4 heteroatoms. The molecule has 0 bridgehead atoms. The number of rotatable bonds is 0. The summed E-state index contributed by atoms with van der Waals surface area (Å²) in [6.45, 7) is 4.45. The van der Waals surface area contributed by atoms with Gasteiger partial charge in [0.2, 0.25) is 0 Å². The van der Waals surface area contributed by atoms with Crippen molar-refractivity contribution in [1.82, 2.24) is 4.98 Å². The van der Waals surface area contributed by atoms with Crippen LogP contribution in [-0.2, 0) is 16.9 Å². The van der Waals surface area contributed by atoms with Gasteiger partial charge in [-0.1, -0.05) is 24.3 Å². The van der Waals surface area contributed by atoms with Gasteiger partial charge in [-0.15, -0.1) is 0 Å². The van der Waals surface area contributed by atoms with Gasteiger partial charge in [-0.25, -0.2) is 4.98 Å². The topological polar surface area (TPSA) is 74.2 Å². The molecule has 1 aromatic carbocycles. The van der Waals surface area contributed by atoms with Crippen molar-refractivity contribution in [2.45, 2.75) is 32.1 Å². The van der Waals surface area contributed by atoms with Crippen LogP contribution in [0, 0.1) is 0 Å². The fourth-order valence-electron chi connectivity index (χ4n) is 2.63. The van der Waals surface area contributed by atoms with Gasteiger partial charge < -0.3 is 16.2 Å². The van der Waals surface area contributed by atoms with Crippen molar-refractivity contribution in [3.63, 3.8) is 0 Å². The molecule has 0 amide bonds. The van der Waals surface area contributed by atoms with Gasteiger partial charge in [0.15, 0.2) is 0 Å². The van der Waals surface area contributed by atoms with Crippen LogP contribution in [0.2, 0.25) is 0 Å². The zero-order valence-electron chi connectivity index (χ0n) is 10.6. The molecular weight excluding hydrogens is 226 g/mol. The number of pyridine rings is 1.